The van der Waals surface area contributed by atoms with Crippen LogP contribution in [0.5, 0.6) is 0 Å². The van der Waals surface area contributed by atoms with Crippen LogP contribution in [-0.2, 0) is 19.4 Å². The Morgan fingerprint density at radius 1 is 1.22 bits per heavy atom. The number of carbonyl (C=O) groups excluding carboxylic acids is 1. The summed E-state index contributed by atoms with van der Waals surface area (Å²) in [5.74, 6) is 0. The quantitative estimate of drug-likeness (QED) is 0.940. The van der Waals surface area contributed by atoms with Gasteiger partial charge in [0.15, 0.2) is 0 Å². The summed E-state index contributed by atoms with van der Waals surface area (Å²) in [6.07, 6.45) is 7.10. The van der Waals surface area contributed by atoms with Gasteiger partial charge in [0, 0.05) is 26.0 Å². The van der Waals surface area contributed by atoms with E-state index in [1.54, 1.807) is 17.3 Å². The Morgan fingerprint density at radius 3 is 2.74 bits per heavy atom. The van der Waals surface area contributed by atoms with Gasteiger partial charge in [0.25, 0.3) is 0 Å². The number of urea groups is 1. The molecule has 3 rings (SSSR count). The smallest absolute Gasteiger partial charge is 0.317 e. The third kappa shape index (κ3) is 3.52. The molecule has 1 aliphatic rings. The van der Waals surface area contributed by atoms with Crippen LogP contribution in [0.2, 0.25) is 0 Å². The maximum absolute atomic E-state index is 12.4. The summed E-state index contributed by atoms with van der Waals surface area (Å²) < 4.78 is 0. The molecule has 1 aliphatic carbocycles. The van der Waals surface area contributed by atoms with Crippen molar-refractivity contribution in [3.63, 3.8) is 0 Å². The Labute approximate surface area is 137 Å². The van der Waals surface area contributed by atoms with Gasteiger partial charge in [-0.15, -0.1) is 0 Å². The predicted molar refractivity (Wildman–Crippen MR) is 91.1 cm³/mol. The second-order valence-electron chi connectivity index (χ2n) is 6.18. The van der Waals surface area contributed by atoms with Crippen molar-refractivity contribution in [2.24, 2.45) is 0 Å². The highest BCUT2D eigenvalue weighted by molar-refractivity contribution is 5.74. The van der Waals surface area contributed by atoms with E-state index in [0.29, 0.717) is 6.54 Å². The summed E-state index contributed by atoms with van der Waals surface area (Å²) in [6, 6.07) is 10.4. The van der Waals surface area contributed by atoms with Crippen molar-refractivity contribution in [3.8, 4) is 0 Å². The second-order valence-corrected chi connectivity index (χ2v) is 6.18. The highest BCUT2D eigenvalue weighted by atomic mass is 16.2. The fourth-order valence-corrected chi connectivity index (χ4v) is 3.08. The van der Waals surface area contributed by atoms with Gasteiger partial charge in [0.2, 0.25) is 0 Å². The topological polar surface area (TPSA) is 45.2 Å². The molecular formula is C19H23N3O. The van der Waals surface area contributed by atoms with Crippen LogP contribution in [-0.4, -0.2) is 23.0 Å². The number of hydrogen-bond acceptors (Lipinski definition) is 2. The number of nitrogens with one attached hydrogen (secondary N) is 1. The van der Waals surface area contributed by atoms with Crippen LogP contribution in [0, 0.1) is 0 Å². The average Bonchev–Trinajstić information content (AvgIpc) is 3.06. The van der Waals surface area contributed by atoms with E-state index in [1.165, 1.54) is 29.5 Å². The fourth-order valence-electron chi connectivity index (χ4n) is 3.08. The molecule has 1 aromatic carbocycles. The lowest BCUT2D eigenvalue weighted by atomic mass is 10.1. The molecule has 0 radical (unpaired) electrons. The van der Waals surface area contributed by atoms with Crippen molar-refractivity contribution < 1.29 is 4.79 Å². The molecule has 1 N–H and O–H groups in total. The van der Waals surface area contributed by atoms with E-state index in [-0.39, 0.29) is 12.1 Å². The average molecular weight is 309 g/mol. The molecule has 0 aliphatic heterocycles. The van der Waals surface area contributed by atoms with Gasteiger partial charge in [-0.1, -0.05) is 18.2 Å². The number of nitrogens with zero attached hydrogens (tertiary/aromatic N) is 2. The Balaban J connectivity index is 1.58. The molecule has 23 heavy (non-hydrogen) atoms. The predicted octanol–water partition coefficient (Wildman–Crippen LogP) is 3.47. The van der Waals surface area contributed by atoms with E-state index in [0.717, 1.165) is 12.0 Å². The van der Waals surface area contributed by atoms with Crippen molar-refractivity contribution in [1.29, 1.82) is 0 Å². The Morgan fingerprint density at radius 2 is 1.96 bits per heavy atom. The van der Waals surface area contributed by atoms with Crippen molar-refractivity contribution >= 4 is 6.03 Å². The number of benzene rings is 1. The molecule has 0 spiro atoms. The summed E-state index contributed by atoms with van der Waals surface area (Å²) in [5, 5.41) is 3.01. The lowest BCUT2D eigenvalue weighted by molar-refractivity contribution is 0.194. The zero-order valence-corrected chi connectivity index (χ0v) is 13.7. The van der Waals surface area contributed by atoms with Gasteiger partial charge in [0.05, 0.1) is 6.04 Å². The van der Waals surface area contributed by atoms with Gasteiger partial charge in [0.1, 0.15) is 0 Å². The summed E-state index contributed by atoms with van der Waals surface area (Å²) in [5.41, 5.74) is 5.15. The number of amides is 2. The SMILES string of the molecule is CC(c1ccncc1)N(C)C(=O)NCc1ccc2c(c1)CCC2. The van der Waals surface area contributed by atoms with Crippen LogP contribution in [0.25, 0.3) is 0 Å². The summed E-state index contributed by atoms with van der Waals surface area (Å²) in [7, 11) is 1.82. The van der Waals surface area contributed by atoms with E-state index in [1.807, 2.05) is 26.1 Å². The number of carbonyl (C=O) groups is 1. The van der Waals surface area contributed by atoms with Gasteiger partial charge in [-0.25, -0.2) is 4.79 Å². The van der Waals surface area contributed by atoms with Gasteiger partial charge in [-0.3, -0.25) is 4.98 Å². The van der Waals surface area contributed by atoms with Gasteiger partial charge < -0.3 is 10.2 Å². The number of aromatic nitrogens is 1. The maximum Gasteiger partial charge on any atom is 0.317 e. The Bertz CT molecular complexity index is 684. The summed E-state index contributed by atoms with van der Waals surface area (Å²) >= 11 is 0. The highest BCUT2D eigenvalue weighted by Crippen LogP contribution is 2.23. The number of aryl methyl sites for hydroxylation is 2. The molecule has 0 bridgehead atoms. The van der Waals surface area contributed by atoms with E-state index < -0.39 is 0 Å². The van der Waals surface area contributed by atoms with Crippen LogP contribution < -0.4 is 5.32 Å². The summed E-state index contributed by atoms with van der Waals surface area (Å²) in [6.45, 7) is 2.59. The number of pyridine rings is 1. The van der Waals surface area contributed by atoms with Crippen LogP contribution in [0.4, 0.5) is 4.79 Å². The van der Waals surface area contributed by atoms with Crippen molar-refractivity contribution in [2.45, 2.75) is 38.8 Å². The lowest BCUT2D eigenvalue weighted by Gasteiger charge is -2.25. The minimum Gasteiger partial charge on any atom is -0.334 e. The first-order chi connectivity index (χ1) is 11.1. The largest absolute Gasteiger partial charge is 0.334 e. The molecule has 0 fully saturated rings. The van der Waals surface area contributed by atoms with E-state index >= 15 is 0 Å². The molecule has 1 unspecified atom stereocenters. The fraction of sp³-hybridized carbons (Fsp3) is 0.368. The van der Waals surface area contributed by atoms with Gasteiger partial charge >= 0.3 is 6.03 Å². The second kappa shape index (κ2) is 6.82. The van der Waals surface area contributed by atoms with Crippen molar-refractivity contribution in [2.75, 3.05) is 7.05 Å². The molecule has 1 heterocycles. The minimum absolute atomic E-state index is 0.0121. The molecule has 4 heteroatoms. The molecule has 4 nitrogen and oxygen atoms in total. The van der Waals surface area contributed by atoms with Crippen LogP contribution >= 0.6 is 0 Å². The van der Waals surface area contributed by atoms with E-state index in [4.69, 9.17) is 0 Å². The molecule has 120 valence electrons. The van der Waals surface area contributed by atoms with E-state index in [9.17, 15) is 4.79 Å². The molecular weight excluding hydrogens is 286 g/mol. The standard InChI is InChI=1S/C19H23N3O/c1-14(16-8-10-20-11-9-16)22(2)19(23)21-13-15-6-7-17-4-3-5-18(17)12-15/h6-12,14H,3-5,13H2,1-2H3,(H,21,23). The molecule has 0 saturated heterocycles. The zero-order chi connectivity index (χ0) is 16.2. The first kappa shape index (κ1) is 15.5. The molecule has 1 atom stereocenters. The minimum atomic E-state index is -0.0604. The van der Waals surface area contributed by atoms with Crippen LogP contribution in [0.1, 0.15) is 41.6 Å². The third-order valence-electron chi connectivity index (χ3n) is 4.70. The monoisotopic (exact) mass is 309 g/mol. The first-order valence-corrected chi connectivity index (χ1v) is 8.16. The normalized spacial score (nSPS) is 14.2. The Kier molecular flexibility index (Phi) is 4.60. The molecule has 1 aromatic heterocycles. The van der Waals surface area contributed by atoms with Gasteiger partial charge in [-0.05, 0) is 60.6 Å². The molecule has 2 aromatic rings. The number of hydrogen-bond donors (Lipinski definition) is 1. The maximum atomic E-state index is 12.4. The third-order valence-corrected chi connectivity index (χ3v) is 4.70. The lowest BCUT2D eigenvalue weighted by Crippen LogP contribution is -2.38. The highest BCUT2D eigenvalue weighted by Gasteiger charge is 2.17. The molecule has 0 saturated carbocycles. The van der Waals surface area contributed by atoms with Crippen molar-refractivity contribution in [1.82, 2.24) is 15.2 Å². The van der Waals surface area contributed by atoms with Crippen LogP contribution in [0.3, 0.4) is 0 Å². The zero-order valence-electron chi connectivity index (χ0n) is 13.7. The first-order valence-electron chi connectivity index (χ1n) is 8.16. The summed E-state index contributed by atoms with van der Waals surface area (Å²) in [4.78, 5) is 18.1. The van der Waals surface area contributed by atoms with Crippen LogP contribution in [0.15, 0.2) is 42.7 Å². The van der Waals surface area contributed by atoms with E-state index in [2.05, 4.69) is 28.5 Å². The van der Waals surface area contributed by atoms with Crippen molar-refractivity contribution in [3.05, 3.63) is 65.0 Å². The molecule has 2 amide bonds. The Hall–Kier alpha value is -2.36. The number of fused-ring (bicyclic) bond motifs is 1. The number of rotatable bonds is 4. The van der Waals surface area contributed by atoms with Gasteiger partial charge in [-0.2, -0.15) is 0 Å².